The highest BCUT2D eigenvalue weighted by molar-refractivity contribution is 5.94. The molecule has 24 heavy (non-hydrogen) atoms. The molecule has 0 radical (unpaired) electrons. The second-order valence-corrected chi connectivity index (χ2v) is 6.99. The Kier molecular flexibility index (Phi) is 5.23. The van der Waals surface area contributed by atoms with Gasteiger partial charge in [-0.05, 0) is 45.0 Å². The zero-order chi connectivity index (χ0) is 17.2. The van der Waals surface area contributed by atoms with Crippen molar-refractivity contribution in [2.45, 2.75) is 38.4 Å². The number of aliphatic hydroxyl groups excluding tert-OH is 1. The van der Waals surface area contributed by atoms with Gasteiger partial charge in [-0.2, -0.15) is 0 Å². The number of benzene rings is 1. The van der Waals surface area contributed by atoms with Crippen LogP contribution in [0.25, 0.3) is 0 Å². The van der Waals surface area contributed by atoms with Gasteiger partial charge in [-0.15, -0.1) is 0 Å². The van der Waals surface area contributed by atoms with Gasteiger partial charge in [0.25, 0.3) is 0 Å². The number of hydrogen-bond donors (Lipinski definition) is 1. The van der Waals surface area contributed by atoms with Crippen LogP contribution >= 0.6 is 0 Å². The number of carbonyl (C=O) groups is 1. The lowest BCUT2D eigenvalue weighted by atomic mass is 9.58. The van der Waals surface area contributed by atoms with E-state index < -0.39 is 0 Å². The molecule has 0 aromatic heterocycles. The summed E-state index contributed by atoms with van der Waals surface area (Å²) in [6.07, 6.45) is 2.49. The highest BCUT2D eigenvalue weighted by atomic mass is 16.5. The van der Waals surface area contributed by atoms with Crippen molar-refractivity contribution in [3.05, 3.63) is 30.3 Å². The van der Waals surface area contributed by atoms with E-state index >= 15 is 0 Å². The Morgan fingerprint density at radius 1 is 1.33 bits per heavy atom. The molecule has 1 spiro atoms. The third kappa shape index (κ3) is 3.21. The zero-order valence-corrected chi connectivity index (χ0v) is 14.6. The van der Waals surface area contributed by atoms with E-state index in [9.17, 15) is 9.90 Å². The Labute approximate surface area is 144 Å². The van der Waals surface area contributed by atoms with E-state index in [0.717, 1.165) is 38.0 Å². The van der Waals surface area contributed by atoms with Gasteiger partial charge in [0.05, 0.1) is 18.8 Å². The largest absolute Gasteiger partial charge is 0.392 e. The molecule has 1 saturated heterocycles. The predicted molar refractivity (Wildman–Crippen MR) is 94.0 cm³/mol. The maximum Gasteiger partial charge on any atom is 0.240 e. The Bertz CT molecular complexity index is 553. The minimum absolute atomic E-state index is 0.0825. The molecule has 2 fully saturated rings. The van der Waals surface area contributed by atoms with Gasteiger partial charge in [0.1, 0.15) is 0 Å². The number of likely N-dealkylation sites (N-methyl/N-ethyl adjacent to an activating group) is 1. The van der Waals surface area contributed by atoms with E-state index in [1.807, 2.05) is 44.3 Å². The summed E-state index contributed by atoms with van der Waals surface area (Å²) < 4.78 is 5.80. The van der Waals surface area contributed by atoms with Gasteiger partial charge in [0.2, 0.25) is 5.91 Å². The minimum Gasteiger partial charge on any atom is -0.392 e. The van der Waals surface area contributed by atoms with Crippen LogP contribution in [0.2, 0.25) is 0 Å². The van der Waals surface area contributed by atoms with E-state index in [1.54, 1.807) is 4.90 Å². The fraction of sp³-hybridized carbons (Fsp3) is 0.632. The van der Waals surface area contributed by atoms with Gasteiger partial charge in [0, 0.05) is 31.2 Å². The summed E-state index contributed by atoms with van der Waals surface area (Å²) in [5, 5.41) is 10.3. The molecule has 1 amide bonds. The molecule has 1 heterocycles. The van der Waals surface area contributed by atoms with Crippen LogP contribution in [-0.4, -0.2) is 61.4 Å². The second kappa shape index (κ2) is 7.21. The number of rotatable bonds is 5. The summed E-state index contributed by atoms with van der Waals surface area (Å²) in [6.45, 7) is 4.82. The van der Waals surface area contributed by atoms with Crippen molar-refractivity contribution >= 4 is 11.6 Å². The lowest BCUT2D eigenvalue weighted by Crippen LogP contribution is -2.62. The van der Waals surface area contributed by atoms with E-state index in [-0.39, 0.29) is 23.5 Å². The molecule has 2 atom stereocenters. The van der Waals surface area contributed by atoms with Gasteiger partial charge < -0.3 is 14.7 Å². The predicted octanol–water partition coefficient (Wildman–Crippen LogP) is 1.90. The maximum atomic E-state index is 12.5. The molecule has 2 unspecified atom stereocenters. The number of ether oxygens (including phenoxy) is 1. The third-order valence-electron chi connectivity index (χ3n) is 5.77. The van der Waals surface area contributed by atoms with Crippen LogP contribution in [0.5, 0.6) is 0 Å². The van der Waals surface area contributed by atoms with Gasteiger partial charge in [-0.25, -0.2) is 0 Å². The van der Waals surface area contributed by atoms with Crippen molar-refractivity contribution in [2.24, 2.45) is 5.41 Å². The minimum atomic E-state index is -0.251. The van der Waals surface area contributed by atoms with Crippen LogP contribution in [0.1, 0.15) is 26.2 Å². The first-order valence-corrected chi connectivity index (χ1v) is 8.90. The fourth-order valence-electron chi connectivity index (χ4n) is 4.04. The second-order valence-electron chi connectivity index (χ2n) is 6.99. The van der Waals surface area contributed by atoms with E-state index in [4.69, 9.17) is 4.74 Å². The van der Waals surface area contributed by atoms with Gasteiger partial charge >= 0.3 is 0 Å². The van der Waals surface area contributed by atoms with Crippen LogP contribution in [0.15, 0.2) is 30.3 Å². The molecule has 3 rings (SSSR count). The number of hydrogen-bond acceptors (Lipinski definition) is 4. The Morgan fingerprint density at radius 3 is 2.58 bits per heavy atom. The molecule has 1 aromatic rings. The average Bonchev–Trinajstić information content (AvgIpc) is 2.62. The van der Waals surface area contributed by atoms with E-state index in [1.165, 1.54) is 0 Å². The average molecular weight is 332 g/mol. The molecule has 1 aromatic carbocycles. The van der Waals surface area contributed by atoms with Crippen molar-refractivity contribution < 1.29 is 14.6 Å². The summed E-state index contributed by atoms with van der Waals surface area (Å²) in [5.41, 5.74) is 0.836. The van der Waals surface area contributed by atoms with Gasteiger partial charge in [-0.3, -0.25) is 9.69 Å². The van der Waals surface area contributed by atoms with Crippen LogP contribution in [0.3, 0.4) is 0 Å². The summed E-state index contributed by atoms with van der Waals surface area (Å²) in [6, 6.07) is 9.72. The Morgan fingerprint density at radius 2 is 2.00 bits per heavy atom. The molecule has 5 heteroatoms. The molecule has 1 aliphatic heterocycles. The summed E-state index contributed by atoms with van der Waals surface area (Å²) >= 11 is 0. The Hall–Kier alpha value is -1.43. The van der Waals surface area contributed by atoms with E-state index in [0.29, 0.717) is 13.2 Å². The van der Waals surface area contributed by atoms with Gasteiger partial charge in [0.15, 0.2) is 0 Å². The summed E-state index contributed by atoms with van der Waals surface area (Å²) in [4.78, 5) is 16.4. The fourth-order valence-corrected chi connectivity index (χ4v) is 4.04. The van der Waals surface area contributed by atoms with Crippen LogP contribution < -0.4 is 4.90 Å². The van der Waals surface area contributed by atoms with Crippen molar-refractivity contribution in [2.75, 3.05) is 38.2 Å². The number of aliphatic hydroxyl groups is 1. The zero-order valence-electron chi connectivity index (χ0n) is 14.6. The molecule has 1 saturated carbocycles. The monoisotopic (exact) mass is 332 g/mol. The van der Waals surface area contributed by atoms with Crippen molar-refractivity contribution in [3.8, 4) is 0 Å². The normalized spacial score (nSPS) is 26.1. The number of piperidine rings is 1. The van der Waals surface area contributed by atoms with Crippen LogP contribution in [0, 0.1) is 5.41 Å². The first-order chi connectivity index (χ1) is 11.6. The topological polar surface area (TPSA) is 53.0 Å². The molecular formula is C19H28N2O3. The van der Waals surface area contributed by atoms with Crippen LogP contribution in [-0.2, 0) is 9.53 Å². The first-order valence-electron chi connectivity index (χ1n) is 8.90. The third-order valence-corrected chi connectivity index (χ3v) is 5.77. The summed E-state index contributed by atoms with van der Waals surface area (Å²) in [7, 11) is 1.82. The highest BCUT2D eigenvalue weighted by Crippen LogP contribution is 2.50. The standard InChI is InChI=1S/C19H28N2O3/c1-3-24-17-13-16(22)19(17)9-11-21(12-10-19)14-18(23)20(2)15-7-5-4-6-8-15/h4-8,16-17,22H,3,9-14H2,1-2H3. The number of para-hydroxylation sites is 1. The SMILES string of the molecule is CCOC1CC(O)C12CCN(CC(=O)N(C)c1ccccc1)CC2. The molecule has 132 valence electrons. The van der Waals surface area contributed by atoms with Crippen molar-refractivity contribution in [1.29, 1.82) is 0 Å². The molecule has 5 nitrogen and oxygen atoms in total. The number of anilines is 1. The lowest BCUT2D eigenvalue weighted by Gasteiger charge is -2.56. The van der Waals surface area contributed by atoms with E-state index in [2.05, 4.69) is 4.90 Å². The Balaban J connectivity index is 1.53. The summed E-state index contributed by atoms with van der Waals surface area (Å²) in [5.74, 6) is 0.104. The number of carbonyl (C=O) groups excluding carboxylic acids is 1. The number of amides is 1. The first kappa shape index (κ1) is 17.4. The smallest absolute Gasteiger partial charge is 0.240 e. The number of likely N-dealkylation sites (tertiary alicyclic amines) is 1. The molecule has 2 aliphatic rings. The molecule has 0 bridgehead atoms. The molecule has 1 N–H and O–H groups in total. The van der Waals surface area contributed by atoms with Crippen LogP contribution in [0.4, 0.5) is 5.69 Å². The maximum absolute atomic E-state index is 12.5. The lowest BCUT2D eigenvalue weighted by molar-refractivity contribution is -0.209. The van der Waals surface area contributed by atoms with Gasteiger partial charge in [-0.1, -0.05) is 18.2 Å². The number of nitrogens with zero attached hydrogens (tertiary/aromatic N) is 2. The molecular weight excluding hydrogens is 304 g/mol. The quantitative estimate of drug-likeness (QED) is 0.895. The molecule has 1 aliphatic carbocycles. The van der Waals surface area contributed by atoms with Crippen molar-refractivity contribution in [1.82, 2.24) is 4.90 Å². The highest BCUT2D eigenvalue weighted by Gasteiger charge is 2.56. The van der Waals surface area contributed by atoms with Crippen molar-refractivity contribution in [3.63, 3.8) is 0 Å².